The number of hydrogen-bond acceptors (Lipinski definition) is 5. The zero-order valence-electron chi connectivity index (χ0n) is 14.4. The summed E-state index contributed by atoms with van der Waals surface area (Å²) in [6.07, 6.45) is 0. The van der Waals surface area contributed by atoms with Crippen LogP contribution in [0.2, 0.25) is 0 Å². The average molecular weight is 363 g/mol. The predicted molar refractivity (Wildman–Crippen MR) is 99.4 cm³/mol. The van der Waals surface area contributed by atoms with Gasteiger partial charge in [0.25, 0.3) is 5.69 Å². The van der Waals surface area contributed by atoms with Crippen LogP contribution in [0.3, 0.4) is 0 Å². The van der Waals surface area contributed by atoms with Gasteiger partial charge in [0.05, 0.1) is 10.5 Å². The van der Waals surface area contributed by atoms with Gasteiger partial charge in [-0.05, 0) is 47.5 Å². The molecule has 0 heterocycles. The van der Waals surface area contributed by atoms with E-state index in [1.807, 2.05) is 30.3 Å². The molecule has 136 valence electrons. The molecule has 0 aliphatic rings. The van der Waals surface area contributed by atoms with Crippen molar-refractivity contribution in [2.24, 2.45) is 0 Å². The summed E-state index contributed by atoms with van der Waals surface area (Å²) in [5.74, 6) is 0.189. The van der Waals surface area contributed by atoms with Crippen LogP contribution in [0, 0.1) is 10.1 Å². The summed E-state index contributed by atoms with van der Waals surface area (Å²) in [4.78, 5) is 22.3. The first-order valence-electron chi connectivity index (χ1n) is 8.29. The molecule has 0 amide bonds. The number of nitrogens with zero attached hydrogens (tertiary/aromatic N) is 1. The summed E-state index contributed by atoms with van der Waals surface area (Å²) in [6.45, 7) is 0.494. The summed E-state index contributed by atoms with van der Waals surface area (Å²) in [5.41, 5.74) is 2.14. The number of nitro groups is 1. The maximum absolute atomic E-state index is 12.1. The lowest BCUT2D eigenvalue weighted by Gasteiger charge is -2.08. The van der Waals surface area contributed by atoms with E-state index in [0.29, 0.717) is 23.5 Å². The second kappa shape index (κ2) is 8.62. The van der Waals surface area contributed by atoms with Crippen molar-refractivity contribution in [2.45, 2.75) is 13.2 Å². The predicted octanol–water partition coefficient (Wildman–Crippen LogP) is 4.53. The molecule has 6 heteroatoms. The number of non-ortho nitro benzene ring substituents is 1. The van der Waals surface area contributed by atoms with Gasteiger partial charge in [0, 0.05) is 12.1 Å². The monoisotopic (exact) mass is 363 g/mol. The van der Waals surface area contributed by atoms with Gasteiger partial charge in [-0.1, -0.05) is 30.3 Å². The summed E-state index contributed by atoms with van der Waals surface area (Å²) in [7, 11) is 0. The van der Waals surface area contributed by atoms with Crippen LogP contribution in [0.4, 0.5) is 5.69 Å². The Hall–Kier alpha value is -3.67. The van der Waals surface area contributed by atoms with Crippen molar-refractivity contribution in [3.63, 3.8) is 0 Å². The lowest BCUT2D eigenvalue weighted by Crippen LogP contribution is -2.05. The Morgan fingerprint density at radius 2 is 1.44 bits per heavy atom. The molecule has 0 fully saturated rings. The van der Waals surface area contributed by atoms with Crippen molar-refractivity contribution in [1.82, 2.24) is 0 Å². The number of rotatable bonds is 7. The third kappa shape index (κ3) is 5.15. The van der Waals surface area contributed by atoms with Gasteiger partial charge in [0.15, 0.2) is 0 Å². The Labute approximate surface area is 156 Å². The van der Waals surface area contributed by atoms with Gasteiger partial charge >= 0.3 is 5.97 Å². The van der Waals surface area contributed by atoms with Gasteiger partial charge in [-0.3, -0.25) is 10.1 Å². The Morgan fingerprint density at radius 1 is 0.815 bits per heavy atom. The maximum atomic E-state index is 12.1. The lowest BCUT2D eigenvalue weighted by atomic mass is 10.2. The van der Waals surface area contributed by atoms with Gasteiger partial charge in [-0.2, -0.15) is 0 Å². The zero-order chi connectivity index (χ0) is 19.1. The highest BCUT2D eigenvalue weighted by Gasteiger charge is 2.09. The fraction of sp³-hybridized carbons (Fsp3) is 0.0952. The van der Waals surface area contributed by atoms with E-state index in [1.165, 1.54) is 12.1 Å². The van der Waals surface area contributed by atoms with Crippen LogP contribution < -0.4 is 4.74 Å². The van der Waals surface area contributed by atoms with Crippen molar-refractivity contribution < 1.29 is 19.2 Å². The van der Waals surface area contributed by atoms with E-state index in [4.69, 9.17) is 9.47 Å². The van der Waals surface area contributed by atoms with E-state index in [2.05, 4.69) is 0 Å². The minimum absolute atomic E-state index is 0.00355. The first-order chi connectivity index (χ1) is 13.1. The Balaban J connectivity index is 1.51. The van der Waals surface area contributed by atoms with Crippen LogP contribution in [0.25, 0.3) is 0 Å². The molecule has 3 rings (SSSR count). The van der Waals surface area contributed by atoms with E-state index in [1.54, 1.807) is 36.4 Å². The quantitative estimate of drug-likeness (QED) is 0.350. The highest BCUT2D eigenvalue weighted by atomic mass is 16.6. The van der Waals surface area contributed by atoms with E-state index >= 15 is 0 Å². The minimum Gasteiger partial charge on any atom is -0.489 e. The van der Waals surface area contributed by atoms with E-state index in [9.17, 15) is 14.9 Å². The fourth-order valence-corrected chi connectivity index (χ4v) is 2.37. The molecule has 27 heavy (non-hydrogen) atoms. The highest BCUT2D eigenvalue weighted by molar-refractivity contribution is 5.89. The van der Waals surface area contributed by atoms with Gasteiger partial charge in [-0.25, -0.2) is 4.79 Å². The first kappa shape index (κ1) is 18.1. The third-order valence-electron chi connectivity index (χ3n) is 3.86. The fourth-order valence-electron chi connectivity index (χ4n) is 2.37. The van der Waals surface area contributed by atoms with Crippen molar-refractivity contribution in [2.75, 3.05) is 0 Å². The number of esters is 1. The molecule has 0 saturated heterocycles. The molecule has 0 saturated carbocycles. The number of carbonyl (C=O) groups is 1. The van der Waals surface area contributed by atoms with Crippen LogP contribution in [0.5, 0.6) is 5.75 Å². The second-order valence-corrected chi connectivity index (χ2v) is 5.80. The number of benzene rings is 3. The summed E-state index contributed by atoms with van der Waals surface area (Å²) in [6, 6.07) is 22.4. The maximum Gasteiger partial charge on any atom is 0.338 e. The van der Waals surface area contributed by atoms with Crippen molar-refractivity contribution in [1.29, 1.82) is 0 Å². The average Bonchev–Trinajstić information content (AvgIpc) is 2.72. The number of hydrogen-bond donors (Lipinski definition) is 0. The normalized spacial score (nSPS) is 10.2. The Morgan fingerprint density at radius 3 is 2.07 bits per heavy atom. The number of ether oxygens (including phenoxy) is 2. The smallest absolute Gasteiger partial charge is 0.338 e. The number of carbonyl (C=O) groups excluding carboxylic acids is 1. The molecule has 0 bridgehead atoms. The number of nitro benzene ring substituents is 1. The summed E-state index contributed by atoms with van der Waals surface area (Å²) >= 11 is 0. The molecule has 0 atom stereocenters. The molecular weight excluding hydrogens is 346 g/mol. The van der Waals surface area contributed by atoms with E-state index < -0.39 is 10.9 Å². The van der Waals surface area contributed by atoms with Crippen molar-refractivity contribution in [3.8, 4) is 5.75 Å². The molecule has 0 aliphatic heterocycles. The zero-order valence-corrected chi connectivity index (χ0v) is 14.4. The van der Waals surface area contributed by atoms with Crippen LogP contribution in [-0.4, -0.2) is 10.9 Å². The van der Waals surface area contributed by atoms with Crippen LogP contribution in [0.15, 0.2) is 78.9 Å². The van der Waals surface area contributed by atoms with Crippen molar-refractivity contribution >= 4 is 11.7 Å². The molecule has 0 aliphatic carbocycles. The molecular formula is C21H17NO5. The van der Waals surface area contributed by atoms with Gasteiger partial charge in [0.2, 0.25) is 0 Å². The summed E-state index contributed by atoms with van der Waals surface area (Å²) in [5, 5.41) is 10.6. The molecule has 3 aromatic rings. The summed E-state index contributed by atoms with van der Waals surface area (Å²) < 4.78 is 10.9. The van der Waals surface area contributed by atoms with Crippen LogP contribution >= 0.6 is 0 Å². The Bertz CT molecular complexity index is 906. The molecule has 0 radical (unpaired) electrons. The van der Waals surface area contributed by atoms with E-state index in [0.717, 1.165) is 5.56 Å². The van der Waals surface area contributed by atoms with Gasteiger partial charge in [-0.15, -0.1) is 0 Å². The Kier molecular flexibility index (Phi) is 5.79. The molecule has 0 N–H and O–H groups in total. The van der Waals surface area contributed by atoms with Gasteiger partial charge in [0.1, 0.15) is 19.0 Å². The first-order valence-corrected chi connectivity index (χ1v) is 8.29. The minimum atomic E-state index is -0.475. The molecule has 0 spiro atoms. The molecule has 6 nitrogen and oxygen atoms in total. The van der Waals surface area contributed by atoms with E-state index in [-0.39, 0.29) is 12.3 Å². The largest absolute Gasteiger partial charge is 0.489 e. The van der Waals surface area contributed by atoms with Crippen LogP contribution in [0.1, 0.15) is 21.5 Å². The van der Waals surface area contributed by atoms with Crippen molar-refractivity contribution in [3.05, 3.63) is 106 Å². The lowest BCUT2D eigenvalue weighted by molar-refractivity contribution is -0.384. The second-order valence-electron chi connectivity index (χ2n) is 5.80. The topological polar surface area (TPSA) is 78.7 Å². The molecule has 3 aromatic carbocycles. The SMILES string of the molecule is O=C(OCc1ccc([N+](=O)[O-])cc1)c1ccc(OCc2ccccc2)cc1. The third-order valence-corrected chi connectivity index (χ3v) is 3.86. The highest BCUT2D eigenvalue weighted by Crippen LogP contribution is 2.16. The molecule has 0 unspecified atom stereocenters. The van der Waals surface area contributed by atoms with Crippen LogP contribution in [-0.2, 0) is 18.0 Å². The standard InChI is InChI=1S/C21H17NO5/c23-21(27-15-17-6-10-19(11-7-17)22(24)25)18-8-12-20(13-9-18)26-14-16-4-2-1-3-5-16/h1-13H,14-15H2. The van der Waals surface area contributed by atoms with Gasteiger partial charge < -0.3 is 9.47 Å². The molecule has 0 aromatic heterocycles.